The number of hydrogen-bond donors (Lipinski definition) is 2. The lowest BCUT2D eigenvalue weighted by atomic mass is 10.1. The zero-order chi connectivity index (χ0) is 13.8. The Morgan fingerprint density at radius 2 is 2.11 bits per heavy atom. The van der Waals surface area contributed by atoms with Crippen molar-refractivity contribution in [3.63, 3.8) is 0 Å². The molecule has 0 spiro atoms. The van der Waals surface area contributed by atoms with Gasteiger partial charge in [-0.15, -0.1) is 0 Å². The molecule has 0 saturated carbocycles. The minimum atomic E-state index is -0.177. The molecule has 0 fully saturated rings. The molecule has 6 nitrogen and oxygen atoms in total. The summed E-state index contributed by atoms with van der Waals surface area (Å²) < 4.78 is 0. The Hall–Kier alpha value is -1.73. The maximum Gasteiger partial charge on any atom is 0.251 e. The molecule has 0 aliphatic heterocycles. The zero-order valence-electron chi connectivity index (χ0n) is 10.8. The first-order valence-corrected chi connectivity index (χ1v) is 6.67. The van der Waals surface area contributed by atoms with E-state index < -0.39 is 0 Å². The van der Waals surface area contributed by atoms with Gasteiger partial charge in [-0.2, -0.15) is 0 Å². The van der Waals surface area contributed by atoms with E-state index >= 15 is 0 Å². The van der Waals surface area contributed by atoms with Gasteiger partial charge in [-0.3, -0.25) is 4.79 Å². The van der Waals surface area contributed by atoms with Crippen molar-refractivity contribution < 1.29 is 0 Å². The van der Waals surface area contributed by atoms with Crippen LogP contribution in [0.2, 0.25) is 0 Å². The van der Waals surface area contributed by atoms with Gasteiger partial charge in [-0.25, -0.2) is 15.0 Å². The Bertz CT molecular complexity index is 608. The lowest BCUT2D eigenvalue weighted by Crippen LogP contribution is -2.18. The van der Waals surface area contributed by atoms with Crippen molar-refractivity contribution in [2.75, 3.05) is 0 Å². The number of aryl methyl sites for hydroxylation is 1. The van der Waals surface area contributed by atoms with Crippen molar-refractivity contribution in [2.45, 2.75) is 36.6 Å². The fraction of sp³-hybridized carbons (Fsp3) is 0.333. The molecule has 2 aromatic heterocycles. The smallest absolute Gasteiger partial charge is 0.251 e. The summed E-state index contributed by atoms with van der Waals surface area (Å²) in [6.45, 7) is 3.70. The molecule has 0 bridgehead atoms. The molecule has 2 heterocycles. The number of hydrogen-bond acceptors (Lipinski definition) is 6. The van der Waals surface area contributed by atoms with E-state index in [1.54, 1.807) is 19.3 Å². The minimum Gasteiger partial charge on any atom is -0.328 e. The minimum absolute atomic E-state index is 0.0805. The van der Waals surface area contributed by atoms with Crippen molar-refractivity contribution >= 4 is 11.8 Å². The number of nitrogens with zero attached hydrogens (tertiary/aromatic N) is 3. The van der Waals surface area contributed by atoms with E-state index in [4.69, 9.17) is 5.73 Å². The molecule has 0 radical (unpaired) electrons. The predicted octanol–water partition coefficient (Wildman–Crippen LogP) is 0.909. The summed E-state index contributed by atoms with van der Waals surface area (Å²) in [5.74, 6) is 0. The summed E-state index contributed by atoms with van der Waals surface area (Å²) in [5.41, 5.74) is 7.19. The molecule has 19 heavy (non-hydrogen) atoms. The number of rotatable bonds is 4. The summed E-state index contributed by atoms with van der Waals surface area (Å²) in [4.78, 5) is 26.6. The van der Waals surface area contributed by atoms with E-state index in [0.29, 0.717) is 16.0 Å². The van der Waals surface area contributed by atoms with E-state index in [-0.39, 0.29) is 11.6 Å². The maximum atomic E-state index is 11.3. The molecule has 7 heteroatoms. The van der Waals surface area contributed by atoms with Crippen LogP contribution in [0, 0.1) is 6.92 Å². The molecule has 2 aromatic rings. The molecule has 0 aromatic carbocycles. The molecular weight excluding hydrogens is 262 g/mol. The number of nitrogens with one attached hydrogen (secondary N) is 1. The predicted molar refractivity (Wildman–Crippen MR) is 73.1 cm³/mol. The van der Waals surface area contributed by atoms with Gasteiger partial charge in [0.25, 0.3) is 5.56 Å². The van der Waals surface area contributed by atoms with E-state index in [1.807, 2.05) is 6.92 Å². The summed E-state index contributed by atoms with van der Waals surface area (Å²) in [7, 11) is 0. The fourth-order valence-electron chi connectivity index (χ4n) is 1.56. The zero-order valence-corrected chi connectivity index (χ0v) is 11.6. The van der Waals surface area contributed by atoms with Gasteiger partial charge in [0, 0.05) is 30.2 Å². The third kappa shape index (κ3) is 4.15. The van der Waals surface area contributed by atoms with Crippen LogP contribution in [-0.4, -0.2) is 26.0 Å². The van der Waals surface area contributed by atoms with Crippen molar-refractivity contribution in [3.05, 3.63) is 40.1 Å². The maximum absolute atomic E-state index is 11.3. The van der Waals surface area contributed by atoms with Gasteiger partial charge in [0.15, 0.2) is 10.3 Å². The van der Waals surface area contributed by atoms with Crippen LogP contribution in [0.15, 0.2) is 33.6 Å². The summed E-state index contributed by atoms with van der Waals surface area (Å²) in [6, 6.07) is 1.52. The number of H-pyrrole nitrogens is 1. The highest BCUT2D eigenvalue weighted by molar-refractivity contribution is 7.99. The molecular formula is C12H15N5OS. The Kier molecular flexibility index (Phi) is 4.28. The molecule has 1 atom stereocenters. The summed E-state index contributed by atoms with van der Waals surface area (Å²) in [5, 5.41) is 1.03. The number of nitrogens with two attached hydrogens (primary N) is 1. The van der Waals surface area contributed by atoms with Crippen LogP contribution in [0.4, 0.5) is 0 Å². The van der Waals surface area contributed by atoms with Crippen LogP contribution < -0.4 is 11.3 Å². The average molecular weight is 277 g/mol. The second kappa shape index (κ2) is 5.94. The normalized spacial score (nSPS) is 12.4. The fourth-order valence-corrected chi connectivity index (χ4v) is 2.28. The van der Waals surface area contributed by atoms with Gasteiger partial charge in [-0.1, -0.05) is 0 Å². The van der Waals surface area contributed by atoms with Crippen LogP contribution in [0.5, 0.6) is 0 Å². The highest BCUT2D eigenvalue weighted by Crippen LogP contribution is 2.19. The van der Waals surface area contributed by atoms with Crippen molar-refractivity contribution in [1.82, 2.24) is 19.9 Å². The van der Waals surface area contributed by atoms with Gasteiger partial charge in [-0.05, 0) is 37.6 Å². The van der Waals surface area contributed by atoms with E-state index in [1.165, 1.54) is 17.8 Å². The van der Waals surface area contributed by atoms with E-state index in [0.717, 1.165) is 12.0 Å². The average Bonchev–Trinajstić information content (AvgIpc) is 2.29. The van der Waals surface area contributed by atoms with E-state index in [9.17, 15) is 4.79 Å². The monoisotopic (exact) mass is 277 g/mol. The molecule has 100 valence electrons. The third-order valence-electron chi connectivity index (χ3n) is 2.28. The van der Waals surface area contributed by atoms with E-state index in [2.05, 4.69) is 19.9 Å². The quantitative estimate of drug-likeness (QED) is 0.806. The standard InChI is InChI=1S/C12H15N5OS/c1-7(13)3-9-5-14-11(15-6-9)19-12-16-8(2)4-10(18)17-12/h4-7H,3,13H2,1-2H3,(H,16,17,18). The van der Waals surface area contributed by atoms with Gasteiger partial charge < -0.3 is 10.7 Å². The number of aromatic amines is 1. The van der Waals surface area contributed by atoms with Crippen LogP contribution in [-0.2, 0) is 6.42 Å². The first-order valence-electron chi connectivity index (χ1n) is 5.85. The SMILES string of the molecule is Cc1cc(=O)[nH]c(Sc2ncc(CC(C)N)cn2)n1. The largest absolute Gasteiger partial charge is 0.328 e. The van der Waals surface area contributed by atoms with Crippen LogP contribution in [0.1, 0.15) is 18.2 Å². The van der Waals surface area contributed by atoms with Crippen molar-refractivity contribution in [3.8, 4) is 0 Å². The first-order chi connectivity index (χ1) is 9.02. The highest BCUT2D eigenvalue weighted by atomic mass is 32.2. The van der Waals surface area contributed by atoms with Gasteiger partial charge >= 0.3 is 0 Å². The van der Waals surface area contributed by atoms with Gasteiger partial charge in [0.05, 0.1) is 0 Å². The van der Waals surface area contributed by atoms with Gasteiger partial charge in [0.2, 0.25) is 0 Å². The lowest BCUT2D eigenvalue weighted by Gasteiger charge is -2.05. The Morgan fingerprint density at radius 1 is 1.42 bits per heavy atom. The Labute approximate surface area is 114 Å². The van der Waals surface area contributed by atoms with Crippen molar-refractivity contribution in [1.29, 1.82) is 0 Å². The second-order valence-corrected chi connectivity index (χ2v) is 5.31. The lowest BCUT2D eigenvalue weighted by molar-refractivity contribution is 0.727. The molecule has 2 rings (SSSR count). The molecule has 0 aliphatic rings. The topological polar surface area (TPSA) is 97.5 Å². The first kappa shape index (κ1) is 13.7. The third-order valence-corrected chi connectivity index (χ3v) is 3.06. The molecule has 3 N–H and O–H groups in total. The Balaban J connectivity index is 2.12. The molecule has 1 unspecified atom stereocenters. The highest BCUT2D eigenvalue weighted by Gasteiger charge is 2.05. The summed E-state index contributed by atoms with van der Waals surface area (Å²) >= 11 is 1.22. The van der Waals surface area contributed by atoms with Gasteiger partial charge in [0.1, 0.15) is 0 Å². The van der Waals surface area contributed by atoms with Crippen LogP contribution >= 0.6 is 11.8 Å². The van der Waals surface area contributed by atoms with Crippen molar-refractivity contribution in [2.24, 2.45) is 5.73 Å². The van der Waals surface area contributed by atoms with Crippen LogP contribution in [0.25, 0.3) is 0 Å². The summed E-state index contributed by atoms with van der Waals surface area (Å²) in [6.07, 6.45) is 4.23. The number of aromatic nitrogens is 4. The molecule has 0 saturated heterocycles. The van der Waals surface area contributed by atoms with Crippen LogP contribution in [0.3, 0.4) is 0 Å². The Morgan fingerprint density at radius 3 is 2.68 bits per heavy atom. The molecule has 0 amide bonds. The second-order valence-electron chi connectivity index (χ2n) is 4.35. The molecule has 0 aliphatic carbocycles.